The number of nitrogens with one attached hydrogen (secondary N) is 2. The molecule has 0 radical (unpaired) electrons. The molecule has 1 saturated heterocycles. The van der Waals surface area contributed by atoms with Crippen LogP contribution in [0.25, 0.3) is 0 Å². The number of nitrogens with zero attached hydrogens (tertiary/aromatic N) is 1. The zero-order valence-corrected chi connectivity index (χ0v) is 20.2. The summed E-state index contributed by atoms with van der Waals surface area (Å²) in [5.74, 6) is -1.24. The lowest BCUT2D eigenvalue weighted by Gasteiger charge is -2.35. The largest absolute Gasteiger partial charge is 0.464 e. The summed E-state index contributed by atoms with van der Waals surface area (Å²) < 4.78 is 5.17. The lowest BCUT2D eigenvalue weighted by atomic mass is 9.85. The normalized spacial score (nSPS) is 29.7. The van der Waals surface area contributed by atoms with Crippen molar-refractivity contribution in [1.82, 2.24) is 15.5 Å². The summed E-state index contributed by atoms with van der Waals surface area (Å²) in [6.45, 7) is 11.5. The Kier molecular flexibility index (Phi) is 7.21. The van der Waals surface area contributed by atoms with Gasteiger partial charge in [-0.25, -0.2) is 4.79 Å². The molecule has 2 aliphatic carbocycles. The van der Waals surface area contributed by atoms with E-state index in [9.17, 15) is 19.2 Å². The molecule has 3 amide bonds. The van der Waals surface area contributed by atoms with Crippen molar-refractivity contribution < 1.29 is 23.9 Å². The number of likely N-dealkylation sites (tertiary alicyclic amines) is 1. The first-order valence-electron chi connectivity index (χ1n) is 11.9. The van der Waals surface area contributed by atoms with Crippen molar-refractivity contribution in [3.63, 3.8) is 0 Å². The zero-order valence-electron chi connectivity index (χ0n) is 20.2. The Morgan fingerprint density at radius 1 is 1.27 bits per heavy atom. The van der Waals surface area contributed by atoms with Gasteiger partial charge in [0.15, 0.2) is 0 Å². The molecule has 0 bridgehead atoms. The van der Waals surface area contributed by atoms with Gasteiger partial charge in [-0.05, 0) is 43.9 Å². The number of amides is 3. The second kappa shape index (κ2) is 9.44. The highest BCUT2D eigenvalue weighted by Crippen LogP contribution is 2.45. The Morgan fingerprint density at radius 2 is 1.94 bits per heavy atom. The lowest BCUT2D eigenvalue weighted by molar-refractivity contribution is -0.150. The van der Waals surface area contributed by atoms with Crippen LogP contribution >= 0.6 is 0 Å². The molecular weight excluding hydrogens is 424 g/mol. The minimum absolute atomic E-state index is 0.150. The average Bonchev–Trinajstić information content (AvgIpc) is 3.63. The van der Waals surface area contributed by atoms with Crippen molar-refractivity contribution in [3.05, 3.63) is 12.7 Å². The molecule has 0 aromatic carbocycles. The fourth-order valence-electron chi connectivity index (χ4n) is 4.54. The van der Waals surface area contributed by atoms with Crippen LogP contribution in [-0.2, 0) is 23.9 Å². The van der Waals surface area contributed by atoms with E-state index < -0.39 is 34.9 Å². The molecule has 1 heterocycles. The van der Waals surface area contributed by atoms with Crippen molar-refractivity contribution in [2.75, 3.05) is 13.2 Å². The summed E-state index contributed by atoms with van der Waals surface area (Å²) >= 11 is 0. The highest BCUT2D eigenvalue weighted by Gasteiger charge is 2.62. The summed E-state index contributed by atoms with van der Waals surface area (Å²) in [6, 6.07) is -1.99. The van der Waals surface area contributed by atoms with E-state index in [2.05, 4.69) is 17.2 Å². The standard InChI is InChI=1S/C24H38N4O5/c1-6-15-12-24(15,22(32)33-7-2)27-20(30)17-11-16(25)13-28(17)21(31)19(23(3,4)5)26-18(29)10-14-8-9-14/h6,14-17,19H,1,7-13,25H2,2-5H3,(H,26,29)(H,27,30)/t15?,16-,17+,19-,24?/m1/s1. The second-order valence-corrected chi connectivity index (χ2v) is 10.7. The highest BCUT2D eigenvalue weighted by atomic mass is 16.5. The van der Waals surface area contributed by atoms with Gasteiger partial charge in [-0.15, -0.1) is 6.58 Å². The molecule has 3 aliphatic rings. The van der Waals surface area contributed by atoms with Gasteiger partial charge < -0.3 is 26.0 Å². The van der Waals surface area contributed by atoms with E-state index >= 15 is 0 Å². The van der Waals surface area contributed by atoms with E-state index in [0.29, 0.717) is 18.8 Å². The Hall–Kier alpha value is -2.42. The molecule has 33 heavy (non-hydrogen) atoms. The molecule has 4 N–H and O–H groups in total. The van der Waals surface area contributed by atoms with Crippen LogP contribution in [0.1, 0.15) is 59.8 Å². The summed E-state index contributed by atoms with van der Waals surface area (Å²) in [5, 5.41) is 5.73. The van der Waals surface area contributed by atoms with Gasteiger partial charge in [0.1, 0.15) is 17.6 Å². The Morgan fingerprint density at radius 3 is 2.45 bits per heavy atom. The summed E-state index contributed by atoms with van der Waals surface area (Å²) in [6.07, 6.45) is 4.81. The van der Waals surface area contributed by atoms with Crippen molar-refractivity contribution in [2.24, 2.45) is 23.0 Å². The van der Waals surface area contributed by atoms with E-state index in [0.717, 1.165) is 12.8 Å². The predicted octanol–water partition coefficient (Wildman–Crippen LogP) is 0.870. The van der Waals surface area contributed by atoms with Crippen molar-refractivity contribution in [1.29, 1.82) is 0 Å². The van der Waals surface area contributed by atoms with Gasteiger partial charge in [-0.1, -0.05) is 26.8 Å². The van der Waals surface area contributed by atoms with Crippen LogP contribution in [0.3, 0.4) is 0 Å². The molecule has 1 aliphatic heterocycles. The zero-order chi connectivity index (χ0) is 24.6. The first-order valence-corrected chi connectivity index (χ1v) is 11.9. The minimum Gasteiger partial charge on any atom is -0.464 e. The third-order valence-electron chi connectivity index (χ3n) is 6.79. The Balaban J connectivity index is 1.75. The number of esters is 1. The van der Waals surface area contributed by atoms with Crippen LogP contribution in [0.2, 0.25) is 0 Å². The summed E-state index contributed by atoms with van der Waals surface area (Å²) in [7, 11) is 0. The molecular formula is C24H38N4O5. The SMILES string of the molecule is C=CC1CC1(NC(=O)[C@@H]1C[C@@H](N)CN1C(=O)[C@@H](NC(=O)CC1CC1)C(C)(C)C)C(=O)OCC. The fourth-order valence-corrected chi connectivity index (χ4v) is 4.54. The highest BCUT2D eigenvalue weighted by molar-refractivity contribution is 5.97. The molecule has 3 fully saturated rings. The van der Waals surface area contributed by atoms with E-state index in [1.165, 1.54) is 4.90 Å². The van der Waals surface area contributed by atoms with Crippen LogP contribution in [0.4, 0.5) is 0 Å². The number of carbonyl (C=O) groups is 4. The van der Waals surface area contributed by atoms with Gasteiger partial charge in [0.2, 0.25) is 17.7 Å². The molecule has 5 atom stereocenters. The maximum Gasteiger partial charge on any atom is 0.332 e. The van der Waals surface area contributed by atoms with Crippen LogP contribution in [-0.4, -0.2) is 65.4 Å². The molecule has 0 aromatic heterocycles. The number of hydrogen-bond donors (Lipinski definition) is 3. The monoisotopic (exact) mass is 462 g/mol. The Labute approximate surface area is 195 Å². The van der Waals surface area contributed by atoms with Gasteiger partial charge in [0.05, 0.1) is 6.61 Å². The lowest BCUT2D eigenvalue weighted by Crippen LogP contribution is -2.59. The van der Waals surface area contributed by atoms with Gasteiger partial charge >= 0.3 is 5.97 Å². The maximum absolute atomic E-state index is 13.6. The van der Waals surface area contributed by atoms with E-state index in [1.54, 1.807) is 13.0 Å². The molecule has 0 spiro atoms. The number of nitrogens with two attached hydrogens (primary N) is 1. The molecule has 9 nitrogen and oxygen atoms in total. The first kappa shape index (κ1) is 25.2. The fraction of sp³-hybridized carbons (Fsp3) is 0.750. The van der Waals surface area contributed by atoms with Crippen LogP contribution in [0.15, 0.2) is 12.7 Å². The Bertz CT molecular complexity index is 818. The van der Waals surface area contributed by atoms with Gasteiger partial charge in [0.25, 0.3) is 0 Å². The van der Waals surface area contributed by atoms with Crippen molar-refractivity contribution >= 4 is 23.7 Å². The molecule has 0 aromatic rings. The van der Waals surface area contributed by atoms with Crippen molar-refractivity contribution in [3.8, 4) is 0 Å². The third kappa shape index (κ3) is 5.57. The smallest absolute Gasteiger partial charge is 0.332 e. The maximum atomic E-state index is 13.6. The molecule has 9 heteroatoms. The molecule has 3 rings (SSSR count). The number of rotatable bonds is 9. The van der Waals surface area contributed by atoms with Gasteiger partial charge in [0, 0.05) is 24.9 Å². The van der Waals surface area contributed by atoms with Crippen molar-refractivity contribution in [2.45, 2.75) is 83.5 Å². The summed E-state index contributed by atoms with van der Waals surface area (Å²) in [4.78, 5) is 53.4. The van der Waals surface area contributed by atoms with E-state index in [-0.39, 0.29) is 43.3 Å². The second-order valence-electron chi connectivity index (χ2n) is 10.7. The molecule has 2 unspecified atom stereocenters. The number of hydrogen-bond acceptors (Lipinski definition) is 6. The third-order valence-corrected chi connectivity index (χ3v) is 6.79. The molecule has 2 saturated carbocycles. The van der Waals surface area contributed by atoms with Crippen LogP contribution < -0.4 is 16.4 Å². The molecule has 184 valence electrons. The summed E-state index contributed by atoms with van der Waals surface area (Å²) in [5.41, 5.74) is 4.45. The number of carbonyl (C=O) groups excluding carboxylic acids is 4. The van der Waals surface area contributed by atoms with E-state index in [1.807, 2.05) is 20.8 Å². The average molecular weight is 463 g/mol. The van der Waals surface area contributed by atoms with Gasteiger partial charge in [-0.3, -0.25) is 14.4 Å². The quantitative estimate of drug-likeness (QED) is 0.344. The van der Waals surface area contributed by atoms with Crippen LogP contribution in [0.5, 0.6) is 0 Å². The minimum atomic E-state index is -1.14. The van der Waals surface area contributed by atoms with E-state index in [4.69, 9.17) is 10.5 Å². The number of ether oxygens (including phenoxy) is 1. The topological polar surface area (TPSA) is 131 Å². The van der Waals surface area contributed by atoms with Gasteiger partial charge in [-0.2, -0.15) is 0 Å². The predicted molar refractivity (Wildman–Crippen MR) is 123 cm³/mol. The van der Waals surface area contributed by atoms with Crippen LogP contribution in [0, 0.1) is 17.3 Å². The first-order chi connectivity index (χ1) is 15.4.